The summed E-state index contributed by atoms with van der Waals surface area (Å²) in [4.78, 5) is 40.7. The monoisotopic (exact) mass is 307 g/mol. The number of rotatable bonds is 7. The summed E-state index contributed by atoms with van der Waals surface area (Å²) in [7, 11) is 0. The summed E-state index contributed by atoms with van der Waals surface area (Å²) in [5, 5.41) is 5.29. The van der Waals surface area contributed by atoms with Gasteiger partial charge in [0.1, 0.15) is 11.9 Å². The summed E-state index contributed by atoms with van der Waals surface area (Å²) < 4.78 is 1.92. The van der Waals surface area contributed by atoms with Crippen LogP contribution in [0.25, 0.3) is 0 Å². The van der Waals surface area contributed by atoms with E-state index in [1.165, 1.54) is 0 Å². The average Bonchev–Trinajstić information content (AvgIpc) is 2.98. The standard InChI is InChI=1S/C14H21N5O3/c1-3-6-19-13(21)11(17-14(19)22)9-12(20)16-5-8-18-7-4-15-10(18)2/h4,7,11H,3,5-6,8-9H2,1-2H3,(H,16,20)(H,17,22)/t11-/m0/s1. The molecule has 22 heavy (non-hydrogen) atoms. The Morgan fingerprint density at radius 3 is 2.82 bits per heavy atom. The Hall–Kier alpha value is -2.38. The van der Waals surface area contributed by atoms with Gasteiger partial charge in [0.05, 0.1) is 6.42 Å². The predicted molar refractivity (Wildman–Crippen MR) is 78.9 cm³/mol. The van der Waals surface area contributed by atoms with Gasteiger partial charge in [0.2, 0.25) is 5.91 Å². The van der Waals surface area contributed by atoms with E-state index in [0.29, 0.717) is 26.1 Å². The zero-order valence-corrected chi connectivity index (χ0v) is 12.8. The van der Waals surface area contributed by atoms with Crippen LogP contribution in [0.2, 0.25) is 0 Å². The number of carbonyl (C=O) groups excluding carboxylic acids is 3. The molecule has 0 spiro atoms. The van der Waals surface area contributed by atoms with Crippen LogP contribution in [0.4, 0.5) is 4.79 Å². The second kappa shape index (κ2) is 7.06. The largest absolute Gasteiger partial charge is 0.354 e. The summed E-state index contributed by atoms with van der Waals surface area (Å²) in [6, 6.07) is -1.17. The van der Waals surface area contributed by atoms with E-state index in [1.807, 2.05) is 24.6 Å². The molecule has 0 radical (unpaired) electrons. The first-order valence-electron chi connectivity index (χ1n) is 7.39. The van der Waals surface area contributed by atoms with E-state index < -0.39 is 12.1 Å². The molecule has 1 aromatic heterocycles. The van der Waals surface area contributed by atoms with Crippen molar-refractivity contribution in [3.8, 4) is 0 Å². The third-order valence-corrected chi connectivity index (χ3v) is 3.54. The second-order valence-electron chi connectivity index (χ2n) is 5.21. The van der Waals surface area contributed by atoms with Crippen LogP contribution < -0.4 is 10.6 Å². The number of aromatic nitrogens is 2. The number of nitrogens with zero attached hydrogens (tertiary/aromatic N) is 3. The van der Waals surface area contributed by atoms with Gasteiger partial charge >= 0.3 is 6.03 Å². The molecule has 1 aliphatic heterocycles. The molecule has 8 heteroatoms. The highest BCUT2D eigenvalue weighted by Gasteiger charge is 2.38. The number of carbonyl (C=O) groups is 3. The average molecular weight is 307 g/mol. The first kappa shape index (κ1) is 16.0. The van der Waals surface area contributed by atoms with Crippen molar-refractivity contribution < 1.29 is 14.4 Å². The van der Waals surface area contributed by atoms with E-state index in [4.69, 9.17) is 0 Å². The molecule has 1 aromatic rings. The molecule has 0 unspecified atom stereocenters. The summed E-state index contributed by atoms with van der Waals surface area (Å²) >= 11 is 0. The number of hydrogen-bond donors (Lipinski definition) is 2. The maximum atomic E-state index is 12.0. The van der Waals surface area contributed by atoms with Crippen molar-refractivity contribution in [1.29, 1.82) is 0 Å². The third kappa shape index (κ3) is 3.63. The van der Waals surface area contributed by atoms with E-state index in [1.54, 1.807) is 6.20 Å². The summed E-state index contributed by atoms with van der Waals surface area (Å²) in [6.45, 7) is 5.21. The highest BCUT2D eigenvalue weighted by atomic mass is 16.2. The molecule has 0 aliphatic carbocycles. The first-order valence-corrected chi connectivity index (χ1v) is 7.39. The van der Waals surface area contributed by atoms with Crippen LogP contribution in [0.1, 0.15) is 25.6 Å². The maximum Gasteiger partial charge on any atom is 0.324 e. The van der Waals surface area contributed by atoms with E-state index in [2.05, 4.69) is 15.6 Å². The van der Waals surface area contributed by atoms with E-state index >= 15 is 0 Å². The van der Waals surface area contributed by atoms with Gasteiger partial charge in [-0.25, -0.2) is 9.78 Å². The second-order valence-corrected chi connectivity index (χ2v) is 5.21. The summed E-state index contributed by atoms with van der Waals surface area (Å²) in [5.41, 5.74) is 0. The molecule has 8 nitrogen and oxygen atoms in total. The molecule has 1 aliphatic rings. The molecule has 2 rings (SSSR count). The van der Waals surface area contributed by atoms with Crippen LogP contribution in [0.5, 0.6) is 0 Å². The maximum absolute atomic E-state index is 12.0. The van der Waals surface area contributed by atoms with Gasteiger partial charge in [-0.1, -0.05) is 6.92 Å². The SMILES string of the molecule is CCCN1C(=O)N[C@@H](CC(=O)NCCn2ccnc2C)C1=O. The topological polar surface area (TPSA) is 96.3 Å². The molecule has 2 heterocycles. The highest BCUT2D eigenvalue weighted by molar-refractivity contribution is 6.05. The Morgan fingerprint density at radius 1 is 1.41 bits per heavy atom. The number of imide groups is 1. The number of amides is 4. The number of imidazole rings is 1. The van der Waals surface area contributed by atoms with Crippen LogP contribution >= 0.6 is 0 Å². The zero-order chi connectivity index (χ0) is 16.1. The minimum absolute atomic E-state index is 0.0340. The fraction of sp³-hybridized carbons (Fsp3) is 0.571. The minimum Gasteiger partial charge on any atom is -0.354 e. The van der Waals surface area contributed by atoms with Crippen molar-refractivity contribution in [3.05, 3.63) is 18.2 Å². The van der Waals surface area contributed by atoms with Gasteiger partial charge in [-0.2, -0.15) is 0 Å². The number of aryl methyl sites for hydroxylation is 1. The predicted octanol–water partition coefficient (Wildman–Crippen LogP) is 0.0282. The molecule has 0 bridgehead atoms. The van der Waals surface area contributed by atoms with Crippen LogP contribution in [0.15, 0.2) is 12.4 Å². The first-order chi connectivity index (χ1) is 10.5. The summed E-state index contributed by atoms with van der Waals surface area (Å²) in [6.07, 6.45) is 4.20. The van der Waals surface area contributed by atoms with Gasteiger partial charge in [0.15, 0.2) is 0 Å². The number of nitrogens with one attached hydrogen (secondary N) is 2. The Labute approximate surface area is 128 Å². The van der Waals surface area contributed by atoms with E-state index in [9.17, 15) is 14.4 Å². The van der Waals surface area contributed by atoms with Crippen LogP contribution in [0.3, 0.4) is 0 Å². The van der Waals surface area contributed by atoms with Crippen LogP contribution in [-0.4, -0.2) is 51.4 Å². The summed E-state index contributed by atoms with van der Waals surface area (Å²) in [5.74, 6) is 0.296. The van der Waals surface area contributed by atoms with E-state index in [-0.39, 0.29) is 18.2 Å². The van der Waals surface area contributed by atoms with Crippen molar-refractivity contribution in [3.63, 3.8) is 0 Å². The van der Waals surface area contributed by atoms with Crippen molar-refractivity contribution in [2.45, 2.75) is 39.3 Å². The highest BCUT2D eigenvalue weighted by Crippen LogP contribution is 2.09. The molecular formula is C14H21N5O3. The van der Waals surface area contributed by atoms with Crippen molar-refractivity contribution >= 4 is 17.8 Å². The van der Waals surface area contributed by atoms with Crippen molar-refractivity contribution in [2.75, 3.05) is 13.1 Å². The van der Waals surface area contributed by atoms with Gasteiger partial charge in [-0.3, -0.25) is 14.5 Å². The lowest BCUT2D eigenvalue weighted by Crippen LogP contribution is -2.37. The van der Waals surface area contributed by atoms with Crippen LogP contribution in [-0.2, 0) is 16.1 Å². The molecule has 1 atom stereocenters. The fourth-order valence-corrected chi connectivity index (χ4v) is 2.36. The number of hydrogen-bond acceptors (Lipinski definition) is 4. The van der Waals surface area contributed by atoms with Gasteiger partial charge < -0.3 is 15.2 Å². The lowest BCUT2D eigenvalue weighted by molar-refractivity contribution is -0.130. The Bertz CT molecular complexity index is 569. The molecule has 0 aromatic carbocycles. The zero-order valence-electron chi connectivity index (χ0n) is 12.8. The normalized spacial score (nSPS) is 17.7. The van der Waals surface area contributed by atoms with Crippen molar-refractivity contribution in [2.24, 2.45) is 0 Å². The molecule has 2 N–H and O–H groups in total. The molecule has 4 amide bonds. The van der Waals surface area contributed by atoms with Gasteiger partial charge in [0, 0.05) is 32.0 Å². The van der Waals surface area contributed by atoms with E-state index in [0.717, 1.165) is 10.7 Å². The molecule has 120 valence electrons. The Morgan fingerprint density at radius 2 is 2.18 bits per heavy atom. The molecule has 1 fully saturated rings. The smallest absolute Gasteiger partial charge is 0.324 e. The van der Waals surface area contributed by atoms with Crippen LogP contribution in [0, 0.1) is 6.92 Å². The molecule has 1 saturated heterocycles. The quantitative estimate of drug-likeness (QED) is 0.695. The lowest BCUT2D eigenvalue weighted by Gasteiger charge is -2.11. The Kier molecular flexibility index (Phi) is 5.13. The van der Waals surface area contributed by atoms with Crippen molar-refractivity contribution in [1.82, 2.24) is 25.1 Å². The Balaban J connectivity index is 1.76. The van der Waals surface area contributed by atoms with Gasteiger partial charge in [0.25, 0.3) is 5.91 Å². The molecule has 0 saturated carbocycles. The lowest BCUT2D eigenvalue weighted by atomic mass is 10.2. The number of urea groups is 1. The van der Waals surface area contributed by atoms with Gasteiger partial charge in [-0.15, -0.1) is 0 Å². The fourth-order valence-electron chi connectivity index (χ4n) is 2.36. The third-order valence-electron chi connectivity index (χ3n) is 3.54. The minimum atomic E-state index is -0.756. The van der Waals surface area contributed by atoms with Gasteiger partial charge in [-0.05, 0) is 13.3 Å². The molecular weight excluding hydrogens is 286 g/mol.